The fraction of sp³-hybridized carbons (Fsp3) is 0.424. The van der Waals surface area contributed by atoms with Crippen molar-refractivity contribution in [3.8, 4) is 11.3 Å². The number of aromatic nitrogens is 4. The van der Waals surface area contributed by atoms with Crippen molar-refractivity contribution in [2.24, 2.45) is 11.8 Å². The molecule has 233 valence electrons. The smallest absolute Gasteiger partial charge is 0.303 e. The van der Waals surface area contributed by atoms with Gasteiger partial charge in [0.1, 0.15) is 5.52 Å². The maximum absolute atomic E-state index is 13.9. The normalized spacial score (nSPS) is 12.0. The Bertz CT molecular complexity index is 1600. The van der Waals surface area contributed by atoms with Crippen molar-refractivity contribution >= 4 is 27.7 Å². The van der Waals surface area contributed by atoms with Gasteiger partial charge >= 0.3 is 6.08 Å². The van der Waals surface area contributed by atoms with E-state index in [1.165, 1.54) is 6.08 Å². The first-order valence-electron chi connectivity index (χ1n) is 14.3. The summed E-state index contributed by atoms with van der Waals surface area (Å²) in [5, 5.41) is 11.5. The summed E-state index contributed by atoms with van der Waals surface area (Å²) in [7, 11) is 0. The zero-order chi connectivity index (χ0) is 31.2. The zero-order valence-electron chi connectivity index (χ0n) is 25.6. The Morgan fingerprint density at radius 2 is 1.49 bits per heavy atom. The maximum Gasteiger partial charge on any atom is 0.303 e. The second kappa shape index (κ2) is 15.5. The molecule has 0 amide bonds. The molecule has 0 bridgehead atoms. The summed E-state index contributed by atoms with van der Waals surface area (Å²) in [6.07, 6.45) is 3.81. The molecule has 4 aromatic rings. The van der Waals surface area contributed by atoms with Gasteiger partial charge in [0.25, 0.3) is 11.9 Å². The van der Waals surface area contributed by atoms with Crippen LogP contribution in [0.15, 0.2) is 42.2 Å². The number of carbonyl (C=O) groups excluding carboxylic acids is 1. The minimum Gasteiger partial charge on any atom is -0.512 e. The largest absolute Gasteiger partial charge is 0.512 e. The number of aliphatic hydroxyl groups is 1. The summed E-state index contributed by atoms with van der Waals surface area (Å²) in [6.45, 7) is 14.2. The molecule has 43 heavy (non-hydrogen) atoms. The number of halogens is 3. The molecule has 0 fully saturated rings. The Hall–Kier alpha value is -3.23. The van der Waals surface area contributed by atoms with Gasteiger partial charge in [-0.1, -0.05) is 77.6 Å². The third-order valence-electron chi connectivity index (χ3n) is 7.34. The first-order valence-corrected chi connectivity index (χ1v) is 14.3. The van der Waals surface area contributed by atoms with Gasteiger partial charge in [0.05, 0.1) is 5.76 Å². The van der Waals surface area contributed by atoms with Crippen LogP contribution in [0.1, 0.15) is 79.7 Å². The molecule has 0 aliphatic rings. The number of aliphatic hydroxyl groups excluding tert-OH is 1. The minimum absolute atomic E-state index is 0. The number of nitrogens with zero attached hydrogens (tertiary/aromatic N) is 4. The molecule has 2 heterocycles. The van der Waals surface area contributed by atoms with E-state index in [9.17, 15) is 23.1 Å². The Morgan fingerprint density at radius 3 is 2.07 bits per heavy atom. The third kappa shape index (κ3) is 8.67. The molecular formula is C33H38F3IrN4O2-. The van der Waals surface area contributed by atoms with Crippen LogP contribution in [0.2, 0.25) is 0 Å². The molecule has 0 saturated heterocycles. The molecule has 2 aromatic carbocycles. The van der Waals surface area contributed by atoms with Crippen LogP contribution in [0.25, 0.3) is 33.2 Å². The predicted octanol–water partition coefficient (Wildman–Crippen LogP) is 8.62. The molecule has 0 unspecified atom stereocenters. The van der Waals surface area contributed by atoms with E-state index in [4.69, 9.17) is 0 Å². The van der Waals surface area contributed by atoms with Gasteiger partial charge in [0.15, 0.2) is 11.4 Å². The van der Waals surface area contributed by atoms with E-state index in [1.807, 2.05) is 78.8 Å². The van der Waals surface area contributed by atoms with Crippen LogP contribution in [-0.4, -0.2) is 30.8 Å². The number of hydrogen-bond donors (Lipinski definition) is 1. The van der Waals surface area contributed by atoms with E-state index < -0.39 is 18.0 Å². The van der Waals surface area contributed by atoms with Crippen molar-refractivity contribution in [2.45, 2.75) is 79.6 Å². The predicted molar refractivity (Wildman–Crippen MR) is 159 cm³/mol. The maximum atomic E-state index is 13.9. The summed E-state index contributed by atoms with van der Waals surface area (Å²) < 4.78 is 41.0. The van der Waals surface area contributed by atoms with E-state index in [0.29, 0.717) is 5.56 Å². The van der Waals surface area contributed by atoms with Crippen molar-refractivity contribution in [1.29, 1.82) is 0 Å². The van der Waals surface area contributed by atoms with Crippen LogP contribution in [0.4, 0.5) is 13.2 Å². The van der Waals surface area contributed by atoms with Crippen molar-refractivity contribution in [3.05, 3.63) is 71.8 Å². The molecule has 0 aliphatic carbocycles. The quantitative estimate of drug-likeness (QED) is 0.0836. The van der Waals surface area contributed by atoms with Gasteiger partial charge in [-0.3, -0.25) is 4.79 Å². The van der Waals surface area contributed by atoms with Gasteiger partial charge in [0, 0.05) is 43.7 Å². The number of carbonyl (C=O) groups is 1. The molecule has 0 saturated carbocycles. The van der Waals surface area contributed by atoms with Gasteiger partial charge in [-0.15, -0.1) is 29.1 Å². The molecule has 4 rings (SSSR count). The Labute approximate surface area is 264 Å². The van der Waals surface area contributed by atoms with Crippen LogP contribution in [-0.2, 0) is 30.3 Å². The first kappa shape index (κ1) is 36.0. The number of rotatable bonds is 8. The van der Waals surface area contributed by atoms with Crippen molar-refractivity contribution in [1.82, 2.24) is 19.9 Å². The second-order valence-electron chi connectivity index (χ2n) is 11.2. The van der Waals surface area contributed by atoms with E-state index in [-0.39, 0.29) is 65.8 Å². The molecule has 0 atom stereocenters. The number of ketones is 1. The fourth-order valence-electron chi connectivity index (χ4n) is 4.83. The molecule has 2 aromatic heterocycles. The Kier molecular flexibility index (Phi) is 12.9. The standard InChI is InChI=1S/C20H14F3N4.C13H24O2.Ir/c1-20(2,3)13-9-11(8-10-6-4-5-7-12(10)13)14-15-18(27-19(23)25-14)26-17(22)16(21)24-15;1-5-10(6-2)12(14)9-13(15)11(7-3)8-4;/h4-7,9H,1-3H3;9-11,14H,5-8H2,1-4H3;/q-1;;/b;12-9-;. The summed E-state index contributed by atoms with van der Waals surface area (Å²) in [5.41, 5.74) is 0.699. The molecule has 0 spiro atoms. The van der Waals surface area contributed by atoms with Crippen LogP contribution in [0.3, 0.4) is 0 Å². The van der Waals surface area contributed by atoms with Crippen LogP contribution >= 0.6 is 0 Å². The second-order valence-corrected chi connectivity index (χ2v) is 11.2. The zero-order valence-corrected chi connectivity index (χ0v) is 28.0. The summed E-state index contributed by atoms with van der Waals surface area (Å²) in [5.74, 6) is -2.29. The van der Waals surface area contributed by atoms with Gasteiger partial charge in [-0.05, 0) is 31.1 Å². The first-order chi connectivity index (χ1) is 19.8. The molecular weight excluding hydrogens is 734 g/mol. The van der Waals surface area contributed by atoms with Gasteiger partial charge in [-0.2, -0.15) is 23.1 Å². The van der Waals surface area contributed by atoms with Crippen LogP contribution in [0, 0.1) is 35.9 Å². The number of fused-ring (bicyclic) bond motifs is 2. The van der Waals surface area contributed by atoms with Crippen LogP contribution < -0.4 is 0 Å². The fourth-order valence-corrected chi connectivity index (χ4v) is 4.83. The van der Waals surface area contributed by atoms with Gasteiger partial charge < -0.3 is 5.11 Å². The number of benzene rings is 2. The molecule has 6 nitrogen and oxygen atoms in total. The van der Waals surface area contributed by atoms with E-state index in [1.54, 1.807) is 0 Å². The Balaban J connectivity index is 0.000000348. The van der Waals surface area contributed by atoms with E-state index in [0.717, 1.165) is 42.0 Å². The average molecular weight is 772 g/mol. The Morgan fingerprint density at radius 1 is 0.907 bits per heavy atom. The van der Waals surface area contributed by atoms with Crippen LogP contribution in [0.5, 0.6) is 0 Å². The van der Waals surface area contributed by atoms with Gasteiger partial charge in [-0.25, -0.2) is 9.97 Å². The van der Waals surface area contributed by atoms with Crippen molar-refractivity contribution in [2.75, 3.05) is 0 Å². The van der Waals surface area contributed by atoms with Gasteiger partial charge in [0.2, 0.25) is 0 Å². The number of hydrogen-bond acceptors (Lipinski definition) is 6. The summed E-state index contributed by atoms with van der Waals surface area (Å²) in [6, 6.07) is 12.6. The molecule has 1 N–H and O–H groups in total. The van der Waals surface area contributed by atoms with E-state index >= 15 is 0 Å². The van der Waals surface area contributed by atoms with E-state index in [2.05, 4.69) is 26.0 Å². The SMILES string of the molecule is CC(C)(C)c1cc(-c2nc(F)nc3nc(F)c(F)nc23)[c-]c2ccccc12.CCC(CC)C(=O)/C=C(\O)C(CC)CC.[Ir]. The molecule has 1 radical (unpaired) electrons. The molecule has 0 aliphatic heterocycles. The summed E-state index contributed by atoms with van der Waals surface area (Å²) in [4.78, 5) is 25.8. The summed E-state index contributed by atoms with van der Waals surface area (Å²) >= 11 is 0. The minimum atomic E-state index is -1.44. The topological polar surface area (TPSA) is 88.9 Å². The third-order valence-corrected chi connectivity index (χ3v) is 7.34. The van der Waals surface area contributed by atoms with Crippen molar-refractivity contribution in [3.63, 3.8) is 0 Å². The number of allylic oxidation sites excluding steroid dienone is 2. The monoisotopic (exact) mass is 772 g/mol. The molecule has 10 heteroatoms. The van der Waals surface area contributed by atoms with Crippen molar-refractivity contribution < 1.29 is 43.2 Å². The average Bonchev–Trinajstić information content (AvgIpc) is 2.94.